The Morgan fingerprint density at radius 1 is 0.919 bits per heavy atom. The summed E-state index contributed by atoms with van der Waals surface area (Å²) in [4.78, 5) is 28.8. The van der Waals surface area contributed by atoms with Gasteiger partial charge in [0.25, 0.3) is 5.91 Å². The molecule has 1 fully saturated rings. The van der Waals surface area contributed by atoms with Crippen molar-refractivity contribution < 1.29 is 18.7 Å². The molecule has 0 radical (unpaired) electrons. The van der Waals surface area contributed by atoms with Crippen LogP contribution in [-0.2, 0) is 22.6 Å². The van der Waals surface area contributed by atoms with E-state index in [0.29, 0.717) is 11.4 Å². The van der Waals surface area contributed by atoms with Crippen molar-refractivity contribution >= 4 is 23.4 Å². The maximum atomic E-state index is 14.1. The Morgan fingerprint density at radius 2 is 1.59 bits per heavy atom. The van der Waals surface area contributed by atoms with Gasteiger partial charge in [0.1, 0.15) is 6.04 Å². The summed E-state index contributed by atoms with van der Waals surface area (Å²) in [6, 6.07) is 22.1. The van der Waals surface area contributed by atoms with E-state index in [0.717, 1.165) is 36.8 Å². The lowest BCUT2D eigenvalue weighted by Gasteiger charge is -2.33. The second-order valence-electron chi connectivity index (χ2n) is 9.42. The third kappa shape index (κ3) is 7.80. The topological polar surface area (TPSA) is 58.6 Å². The minimum absolute atomic E-state index is 0.00596. The highest BCUT2D eigenvalue weighted by atomic mass is 35.5. The van der Waals surface area contributed by atoms with E-state index in [-0.39, 0.29) is 24.2 Å². The number of carbonyl (C=O) groups is 2. The fraction of sp³-hybridized carbons (Fsp3) is 0.333. The van der Waals surface area contributed by atoms with Crippen LogP contribution >= 0.6 is 11.6 Å². The van der Waals surface area contributed by atoms with Crippen molar-refractivity contribution in [3.63, 3.8) is 0 Å². The number of nitrogens with one attached hydrogen (secondary N) is 1. The van der Waals surface area contributed by atoms with Crippen molar-refractivity contribution in [2.24, 2.45) is 0 Å². The number of halogens is 2. The first kappa shape index (κ1) is 26.7. The summed E-state index contributed by atoms with van der Waals surface area (Å²) in [7, 11) is 0. The van der Waals surface area contributed by atoms with Crippen molar-refractivity contribution in [1.82, 2.24) is 10.2 Å². The van der Waals surface area contributed by atoms with Gasteiger partial charge >= 0.3 is 0 Å². The number of benzene rings is 3. The fourth-order valence-electron chi connectivity index (χ4n) is 4.67. The van der Waals surface area contributed by atoms with Gasteiger partial charge in [-0.25, -0.2) is 4.39 Å². The molecule has 0 saturated heterocycles. The van der Waals surface area contributed by atoms with E-state index in [9.17, 15) is 14.0 Å². The maximum Gasteiger partial charge on any atom is 0.261 e. The molecule has 1 saturated carbocycles. The van der Waals surface area contributed by atoms with Gasteiger partial charge < -0.3 is 15.0 Å². The normalized spacial score (nSPS) is 14.5. The quantitative estimate of drug-likeness (QED) is 0.358. The lowest BCUT2D eigenvalue weighted by molar-refractivity contribution is -0.143. The first-order chi connectivity index (χ1) is 18.0. The molecule has 0 spiro atoms. The first-order valence-electron chi connectivity index (χ1n) is 12.7. The molecule has 1 aliphatic carbocycles. The molecule has 0 aliphatic heterocycles. The molecule has 1 aliphatic rings. The summed E-state index contributed by atoms with van der Waals surface area (Å²) in [6.07, 6.45) is 5.56. The molecule has 37 heavy (non-hydrogen) atoms. The van der Waals surface area contributed by atoms with Crippen LogP contribution in [-0.4, -0.2) is 35.4 Å². The number of amides is 2. The summed E-state index contributed by atoms with van der Waals surface area (Å²) < 4.78 is 19.7. The van der Waals surface area contributed by atoms with Crippen LogP contribution in [0.3, 0.4) is 0 Å². The monoisotopic (exact) mass is 522 g/mol. The Kier molecular flexibility index (Phi) is 9.55. The Hall–Kier alpha value is -3.38. The smallest absolute Gasteiger partial charge is 0.261 e. The van der Waals surface area contributed by atoms with Gasteiger partial charge in [-0.1, -0.05) is 85.5 Å². The van der Waals surface area contributed by atoms with Crippen LogP contribution in [0.4, 0.5) is 4.39 Å². The molecule has 1 N–H and O–H groups in total. The molecule has 7 heteroatoms. The van der Waals surface area contributed by atoms with E-state index in [2.05, 4.69) is 5.32 Å². The third-order valence-corrected chi connectivity index (χ3v) is 6.93. The fourth-order valence-corrected chi connectivity index (χ4v) is 4.79. The molecular formula is C30H32ClFN2O3. The Bertz CT molecular complexity index is 1170. The number of hydrogen-bond acceptors (Lipinski definition) is 3. The molecule has 3 aromatic rings. The number of carbonyl (C=O) groups excluding carboxylic acids is 2. The van der Waals surface area contributed by atoms with E-state index < -0.39 is 24.4 Å². The highest BCUT2D eigenvalue weighted by Gasteiger charge is 2.32. The Balaban J connectivity index is 1.61. The minimum atomic E-state index is -0.767. The molecule has 4 rings (SSSR count). The van der Waals surface area contributed by atoms with Crippen LogP contribution in [0.5, 0.6) is 5.75 Å². The Labute approximate surface area is 222 Å². The van der Waals surface area contributed by atoms with Crippen LogP contribution in [0.25, 0.3) is 0 Å². The number of rotatable bonds is 10. The summed E-state index contributed by atoms with van der Waals surface area (Å²) in [5.74, 6) is -1.15. The predicted octanol–water partition coefficient (Wildman–Crippen LogP) is 5.95. The molecule has 2 amide bonds. The van der Waals surface area contributed by atoms with Crippen LogP contribution < -0.4 is 10.1 Å². The zero-order valence-corrected chi connectivity index (χ0v) is 21.5. The highest BCUT2D eigenvalue weighted by Crippen LogP contribution is 2.21. The molecule has 0 unspecified atom stereocenters. The second-order valence-corrected chi connectivity index (χ2v) is 9.85. The van der Waals surface area contributed by atoms with E-state index in [1.54, 1.807) is 24.3 Å². The van der Waals surface area contributed by atoms with Crippen molar-refractivity contribution in [3.8, 4) is 5.75 Å². The maximum absolute atomic E-state index is 14.1. The van der Waals surface area contributed by atoms with E-state index in [1.807, 2.05) is 42.5 Å². The zero-order chi connectivity index (χ0) is 26.0. The lowest BCUT2D eigenvalue weighted by Crippen LogP contribution is -2.53. The molecule has 0 heterocycles. The number of nitrogens with zero attached hydrogens (tertiary/aromatic N) is 1. The third-order valence-electron chi connectivity index (χ3n) is 6.68. The van der Waals surface area contributed by atoms with Gasteiger partial charge in [0.2, 0.25) is 5.91 Å². The molecule has 5 nitrogen and oxygen atoms in total. The molecule has 0 aromatic heterocycles. The van der Waals surface area contributed by atoms with Gasteiger partial charge in [-0.15, -0.1) is 0 Å². The van der Waals surface area contributed by atoms with Crippen molar-refractivity contribution in [1.29, 1.82) is 0 Å². The second kappa shape index (κ2) is 13.2. The standard InChI is InChI=1S/C30H32ClFN2O3/c31-24-17-15-23(16-18-24)20-34(29(35)21-37-28-14-8-7-13-26(28)32)27(19-22-9-3-1-4-10-22)30(36)33-25-11-5-2-6-12-25/h1,3-4,7-10,13-18,25,27H,2,5-6,11-12,19-21H2,(H,33,36)/t27-/m0/s1. The van der Waals surface area contributed by atoms with Crippen molar-refractivity contribution in [2.45, 2.75) is 57.2 Å². The van der Waals surface area contributed by atoms with Gasteiger partial charge in [-0.05, 0) is 48.2 Å². The van der Waals surface area contributed by atoms with E-state index in [4.69, 9.17) is 16.3 Å². The molecule has 0 bridgehead atoms. The Morgan fingerprint density at radius 3 is 2.30 bits per heavy atom. The number of hydrogen-bond donors (Lipinski definition) is 1. The van der Waals surface area contributed by atoms with Gasteiger partial charge in [-0.2, -0.15) is 0 Å². The van der Waals surface area contributed by atoms with Crippen LogP contribution in [0.15, 0.2) is 78.9 Å². The summed E-state index contributed by atoms with van der Waals surface area (Å²) in [5, 5.41) is 3.78. The van der Waals surface area contributed by atoms with Gasteiger partial charge in [-0.3, -0.25) is 9.59 Å². The number of para-hydroxylation sites is 1. The average Bonchev–Trinajstić information content (AvgIpc) is 2.92. The lowest BCUT2D eigenvalue weighted by atomic mass is 9.94. The van der Waals surface area contributed by atoms with Crippen LogP contribution in [0.1, 0.15) is 43.2 Å². The van der Waals surface area contributed by atoms with Gasteiger partial charge in [0, 0.05) is 24.0 Å². The van der Waals surface area contributed by atoms with Gasteiger partial charge in [0.05, 0.1) is 0 Å². The highest BCUT2D eigenvalue weighted by molar-refractivity contribution is 6.30. The molecular weight excluding hydrogens is 491 g/mol. The summed E-state index contributed by atoms with van der Waals surface area (Å²) in [6.45, 7) is -0.206. The number of ether oxygens (including phenoxy) is 1. The average molecular weight is 523 g/mol. The SMILES string of the molecule is O=C(NC1CCCCC1)[C@H](Cc1ccccc1)N(Cc1ccc(Cl)cc1)C(=O)COc1ccccc1F. The zero-order valence-electron chi connectivity index (χ0n) is 20.7. The van der Waals surface area contributed by atoms with Crippen LogP contribution in [0, 0.1) is 5.82 Å². The molecule has 1 atom stereocenters. The molecule has 3 aromatic carbocycles. The van der Waals surface area contributed by atoms with Crippen molar-refractivity contribution in [3.05, 3.63) is 101 Å². The van der Waals surface area contributed by atoms with Crippen LogP contribution in [0.2, 0.25) is 5.02 Å². The first-order valence-corrected chi connectivity index (χ1v) is 13.1. The minimum Gasteiger partial charge on any atom is -0.481 e. The van der Waals surface area contributed by atoms with E-state index >= 15 is 0 Å². The van der Waals surface area contributed by atoms with Crippen molar-refractivity contribution in [2.75, 3.05) is 6.61 Å². The largest absolute Gasteiger partial charge is 0.481 e. The predicted molar refractivity (Wildman–Crippen MR) is 143 cm³/mol. The summed E-state index contributed by atoms with van der Waals surface area (Å²) in [5.41, 5.74) is 1.77. The van der Waals surface area contributed by atoms with E-state index in [1.165, 1.54) is 23.5 Å². The molecule has 194 valence electrons. The van der Waals surface area contributed by atoms with Gasteiger partial charge in [0.15, 0.2) is 18.2 Å². The summed E-state index contributed by atoms with van der Waals surface area (Å²) >= 11 is 6.07.